The number of aliphatic hydroxyl groups excluding tert-OH is 1. The van der Waals surface area contributed by atoms with Gasteiger partial charge in [-0.3, -0.25) is 5.43 Å². The minimum atomic E-state index is 0.0817. The van der Waals surface area contributed by atoms with Gasteiger partial charge in [-0.15, -0.1) is 0 Å². The first-order chi connectivity index (χ1) is 10.3. The Kier molecular flexibility index (Phi) is 4.35. The summed E-state index contributed by atoms with van der Waals surface area (Å²) >= 11 is 0. The molecule has 1 atom stereocenters. The summed E-state index contributed by atoms with van der Waals surface area (Å²) in [7, 11) is 0. The van der Waals surface area contributed by atoms with E-state index in [2.05, 4.69) is 30.2 Å². The highest BCUT2D eigenvalue weighted by Crippen LogP contribution is 2.25. The molecule has 0 amide bonds. The average molecular weight is 293 g/mol. The third kappa shape index (κ3) is 3.01. The number of aromatic nitrogens is 3. The van der Waals surface area contributed by atoms with Crippen LogP contribution in [0.1, 0.15) is 32.1 Å². The Balaban J connectivity index is 1.90. The van der Waals surface area contributed by atoms with Gasteiger partial charge in [0.1, 0.15) is 0 Å². The number of nitrogens with zero attached hydrogens (tertiary/aromatic N) is 5. The van der Waals surface area contributed by atoms with Crippen LogP contribution in [0.3, 0.4) is 0 Å². The molecule has 2 aliphatic heterocycles. The lowest BCUT2D eigenvalue weighted by Gasteiger charge is -2.35. The van der Waals surface area contributed by atoms with Crippen molar-refractivity contribution in [1.82, 2.24) is 15.0 Å². The van der Waals surface area contributed by atoms with Crippen molar-refractivity contribution in [3.63, 3.8) is 0 Å². The zero-order chi connectivity index (χ0) is 14.7. The first-order valence-corrected chi connectivity index (χ1v) is 7.67. The summed E-state index contributed by atoms with van der Waals surface area (Å²) in [6.45, 7) is 2.92. The molecule has 2 fully saturated rings. The van der Waals surface area contributed by atoms with Crippen LogP contribution in [0.25, 0.3) is 0 Å². The molecule has 116 valence electrons. The van der Waals surface area contributed by atoms with Crippen LogP contribution in [0.15, 0.2) is 0 Å². The van der Waals surface area contributed by atoms with E-state index in [-0.39, 0.29) is 12.6 Å². The summed E-state index contributed by atoms with van der Waals surface area (Å²) in [5.74, 6) is 7.16. The van der Waals surface area contributed by atoms with E-state index in [0.29, 0.717) is 17.8 Å². The summed E-state index contributed by atoms with van der Waals surface area (Å²) in [5.41, 5.74) is 2.53. The highest BCUT2D eigenvalue weighted by atomic mass is 16.3. The van der Waals surface area contributed by atoms with Gasteiger partial charge in [0, 0.05) is 19.6 Å². The first kappa shape index (κ1) is 14.3. The van der Waals surface area contributed by atoms with Gasteiger partial charge in [0.15, 0.2) is 0 Å². The normalized spacial score (nSPS) is 22.7. The molecule has 1 unspecified atom stereocenters. The van der Waals surface area contributed by atoms with Crippen molar-refractivity contribution in [1.29, 1.82) is 0 Å². The maximum Gasteiger partial charge on any atom is 0.243 e. The molecular formula is C13H23N7O. The molecular weight excluding hydrogens is 270 g/mol. The summed E-state index contributed by atoms with van der Waals surface area (Å²) in [5, 5.41) is 9.57. The third-order valence-electron chi connectivity index (χ3n) is 4.22. The molecule has 1 aromatic rings. The van der Waals surface area contributed by atoms with Crippen LogP contribution in [-0.4, -0.2) is 52.3 Å². The van der Waals surface area contributed by atoms with Gasteiger partial charge in [-0.2, -0.15) is 15.0 Å². The largest absolute Gasteiger partial charge is 0.394 e. The molecule has 21 heavy (non-hydrogen) atoms. The predicted octanol–water partition coefficient (Wildman–Crippen LogP) is 0.109. The number of nitrogens with one attached hydrogen (secondary N) is 1. The van der Waals surface area contributed by atoms with E-state index in [1.165, 1.54) is 0 Å². The fourth-order valence-corrected chi connectivity index (χ4v) is 3.06. The molecule has 0 saturated carbocycles. The van der Waals surface area contributed by atoms with Crippen molar-refractivity contribution in [3.05, 3.63) is 0 Å². The number of piperidine rings is 1. The van der Waals surface area contributed by atoms with Crippen LogP contribution in [0, 0.1) is 0 Å². The van der Waals surface area contributed by atoms with E-state index in [1.54, 1.807) is 0 Å². The van der Waals surface area contributed by atoms with Gasteiger partial charge in [-0.25, -0.2) is 5.84 Å². The highest BCUT2D eigenvalue weighted by molar-refractivity contribution is 5.46. The van der Waals surface area contributed by atoms with Crippen LogP contribution in [0.2, 0.25) is 0 Å². The molecule has 8 nitrogen and oxygen atoms in total. The molecule has 0 aromatic carbocycles. The van der Waals surface area contributed by atoms with Gasteiger partial charge in [-0.05, 0) is 32.1 Å². The SMILES string of the molecule is NNc1nc(N2CCCC2)nc(N2CCCCC2CO)n1. The smallest absolute Gasteiger partial charge is 0.243 e. The average Bonchev–Trinajstić information content (AvgIpc) is 3.09. The lowest BCUT2D eigenvalue weighted by Crippen LogP contribution is -2.43. The van der Waals surface area contributed by atoms with E-state index < -0.39 is 0 Å². The molecule has 1 aromatic heterocycles. The molecule has 0 bridgehead atoms. The minimum Gasteiger partial charge on any atom is -0.394 e. The van der Waals surface area contributed by atoms with E-state index in [4.69, 9.17) is 5.84 Å². The number of hydrazine groups is 1. The Hall–Kier alpha value is -1.67. The second kappa shape index (κ2) is 6.40. The van der Waals surface area contributed by atoms with Crippen LogP contribution in [0.4, 0.5) is 17.8 Å². The van der Waals surface area contributed by atoms with Crippen LogP contribution >= 0.6 is 0 Å². The maximum atomic E-state index is 9.57. The number of hydrogen-bond acceptors (Lipinski definition) is 8. The molecule has 0 spiro atoms. The monoisotopic (exact) mass is 293 g/mol. The van der Waals surface area contributed by atoms with Crippen LogP contribution in [0.5, 0.6) is 0 Å². The van der Waals surface area contributed by atoms with Crippen molar-refractivity contribution < 1.29 is 5.11 Å². The fourth-order valence-electron chi connectivity index (χ4n) is 3.06. The van der Waals surface area contributed by atoms with E-state index in [9.17, 15) is 5.11 Å². The topological polar surface area (TPSA) is 103 Å². The molecule has 2 saturated heterocycles. The Bertz CT molecular complexity index is 478. The lowest BCUT2D eigenvalue weighted by molar-refractivity contribution is 0.239. The molecule has 3 rings (SSSR count). The van der Waals surface area contributed by atoms with Crippen molar-refractivity contribution in [2.45, 2.75) is 38.1 Å². The van der Waals surface area contributed by atoms with E-state index >= 15 is 0 Å². The molecule has 3 heterocycles. The number of anilines is 3. The summed E-state index contributed by atoms with van der Waals surface area (Å²) in [6.07, 6.45) is 5.51. The zero-order valence-electron chi connectivity index (χ0n) is 12.2. The van der Waals surface area contributed by atoms with E-state index in [1.807, 2.05) is 0 Å². The summed E-state index contributed by atoms with van der Waals surface area (Å²) in [6, 6.07) is 0.0817. The van der Waals surface area contributed by atoms with Gasteiger partial charge in [0.2, 0.25) is 17.8 Å². The second-order valence-corrected chi connectivity index (χ2v) is 5.62. The highest BCUT2D eigenvalue weighted by Gasteiger charge is 2.26. The zero-order valence-corrected chi connectivity index (χ0v) is 12.2. The minimum absolute atomic E-state index is 0.0817. The van der Waals surface area contributed by atoms with Gasteiger partial charge in [0.25, 0.3) is 0 Å². The van der Waals surface area contributed by atoms with Crippen molar-refractivity contribution >= 4 is 17.8 Å². The van der Waals surface area contributed by atoms with Gasteiger partial charge < -0.3 is 14.9 Å². The quantitative estimate of drug-likeness (QED) is 0.531. The van der Waals surface area contributed by atoms with Gasteiger partial charge in [-0.1, -0.05) is 0 Å². The second-order valence-electron chi connectivity index (χ2n) is 5.62. The summed E-state index contributed by atoms with van der Waals surface area (Å²) in [4.78, 5) is 17.6. The van der Waals surface area contributed by atoms with Crippen molar-refractivity contribution in [2.75, 3.05) is 41.5 Å². The molecule has 0 radical (unpaired) electrons. The Morgan fingerprint density at radius 2 is 1.76 bits per heavy atom. The fraction of sp³-hybridized carbons (Fsp3) is 0.769. The molecule has 2 aliphatic rings. The lowest BCUT2D eigenvalue weighted by atomic mass is 10.0. The maximum absolute atomic E-state index is 9.57. The van der Waals surface area contributed by atoms with Crippen molar-refractivity contribution in [2.24, 2.45) is 5.84 Å². The number of hydrogen-bond donors (Lipinski definition) is 3. The third-order valence-corrected chi connectivity index (χ3v) is 4.22. The molecule has 8 heteroatoms. The standard InChI is InChI=1S/C13H23N7O/c14-18-11-15-12(19-6-3-4-7-19)17-13(16-11)20-8-2-1-5-10(20)9-21/h10,21H,1-9,14H2,(H,15,16,17,18). The van der Waals surface area contributed by atoms with E-state index in [0.717, 1.165) is 51.7 Å². The van der Waals surface area contributed by atoms with Gasteiger partial charge >= 0.3 is 0 Å². The first-order valence-electron chi connectivity index (χ1n) is 7.67. The van der Waals surface area contributed by atoms with Crippen LogP contribution in [-0.2, 0) is 0 Å². The van der Waals surface area contributed by atoms with Crippen molar-refractivity contribution in [3.8, 4) is 0 Å². The Labute approximate surface area is 124 Å². The molecule has 0 aliphatic carbocycles. The molecule has 4 N–H and O–H groups in total. The number of aliphatic hydroxyl groups is 1. The number of rotatable bonds is 4. The Morgan fingerprint density at radius 3 is 2.48 bits per heavy atom. The Morgan fingerprint density at radius 1 is 1.05 bits per heavy atom. The predicted molar refractivity (Wildman–Crippen MR) is 81.2 cm³/mol. The van der Waals surface area contributed by atoms with Gasteiger partial charge in [0.05, 0.1) is 12.6 Å². The number of nitrogen functional groups attached to an aromatic ring is 1. The summed E-state index contributed by atoms with van der Waals surface area (Å²) < 4.78 is 0. The number of nitrogens with two attached hydrogens (primary N) is 1. The van der Waals surface area contributed by atoms with Crippen LogP contribution < -0.4 is 21.1 Å².